The lowest BCUT2D eigenvalue weighted by molar-refractivity contribution is 0.326. The number of fused-ring (bicyclic) bond motifs is 1. The topological polar surface area (TPSA) is 3.24 Å². The van der Waals surface area contributed by atoms with Gasteiger partial charge in [-0.25, -0.2) is 0 Å². The minimum atomic E-state index is 1.03. The minimum Gasteiger partial charge on any atom is -0.370 e. The summed E-state index contributed by atoms with van der Waals surface area (Å²) in [6.07, 6.45) is 3.42. The predicted molar refractivity (Wildman–Crippen MR) is 80.6 cm³/mol. The highest BCUT2D eigenvalue weighted by molar-refractivity contribution is 5.51. The van der Waals surface area contributed by atoms with E-state index in [1.54, 1.807) is 0 Å². The van der Waals surface area contributed by atoms with Crippen LogP contribution in [0.25, 0.3) is 6.08 Å². The molecule has 0 aliphatic carbocycles. The molecule has 3 rings (SSSR count). The highest BCUT2D eigenvalue weighted by Gasteiger charge is 2.15. The lowest BCUT2D eigenvalue weighted by atomic mass is 9.99. The number of allylic oxidation sites excluding steroid dienone is 1. The monoisotopic (exact) mass is 249 g/mol. The van der Waals surface area contributed by atoms with E-state index in [1.165, 1.54) is 22.4 Å². The van der Waals surface area contributed by atoms with Crippen molar-refractivity contribution in [3.8, 4) is 0 Å². The first kappa shape index (κ1) is 12.0. The highest BCUT2D eigenvalue weighted by Crippen LogP contribution is 2.22. The van der Waals surface area contributed by atoms with Crippen LogP contribution < -0.4 is 0 Å². The Morgan fingerprint density at radius 1 is 0.947 bits per heavy atom. The quantitative estimate of drug-likeness (QED) is 0.774. The van der Waals surface area contributed by atoms with E-state index >= 15 is 0 Å². The number of hydrogen-bond acceptors (Lipinski definition) is 1. The molecule has 0 spiro atoms. The first-order chi connectivity index (χ1) is 9.33. The molecule has 0 saturated carbocycles. The van der Waals surface area contributed by atoms with Gasteiger partial charge in [-0.05, 0) is 36.1 Å². The molecule has 0 saturated heterocycles. The zero-order valence-corrected chi connectivity index (χ0v) is 11.3. The third kappa shape index (κ3) is 2.70. The molecule has 1 heterocycles. The minimum absolute atomic E-state index is 1.03. The molecule has 96 valence electrons. The Hall–Kier alpha value is -2.02. The van der Waals surface area contributed by atoms with E-state index in [0.29, 0.717) is 0 Å². The smallest absolute Gasteiger partial charge is 0.0429 e. The molecule has 1 heteroatoms. The van der Waals surface area contributed by atoms with Crippen LogP contribution in [0.15, 0.2) is 60.3 Å². The molecule has 2 aromatic carbocycles. The van der Waals surface area contributed by atoms with Gasteiger partial charge < -0.3 is 4.90 Å². The summed E-state index contributed by atoms with van der Waals surface area (Å²) in [5.74, 6) is 0. The second-order valence-corrected chi connectivity index (χ2v) is 5.14. The predicted octanol–water partition coefficient (Wildman–Crippen LogP) is 4.11. The van der Waals surface area contributed by atoms with E-state index in [4.69, 9.17) is 0 Å². The first-order valence-corrected chi connectivity index (χ1v) is 6.88. The normalized spacial score (nSPS) is 15.2. The summed E-state index contributed by atoms with van der Waals surface area (Å²) in [5.41, 5.74) is 5.60. The van der Waals surface area contributed by atoms with Crippen LogP contribution in [0.5, 0.6) is 0 Å². The average molecular weight is 249 g/mol. The third-order valence-electron chi connectivity index (χ3n) is 3.80. The molecule has 0 amide bonds. The average Bonchev–Trinajstić information content (AvgIpc) is 2.48. The van der Waals surface area contributed by atoms with Gasteiger partial charge in [-0.2, -0.15) is 0 Å². The number of benzene rings is 2. The van der Waals surface area contributed by atoms with Gasteiger partial charge in [0, 0.05) is 18.8 Å². The van der Waals surface area contributed by atoms with Crippen LogP contribution in [-0.2, 0) is 13.0 Å². The van der Waals surface area contributed by atoms with Crippen LogP contribution in [0.2, 0.25) is 0 Å². The molecular formula is C18H19N. The van der Waals surface area contributed by atoms with Crippen LogP contribution in [0.4, 0.5) is 0 Å². The molecule has 1 nitrogen and oxygen atoms in total. The summed E-state index contributed by atoms with van der Waals surface area (Å²) >= 11 is 0. The van der Waals surface area contributed by atoms with Crippen LogP contribution in [0.1, 0.15) is 23.6 Å². The summed E-state index contributed by atoms with van der Waals surface area (Å²) in [6.45, 7) is 4.36. The molecule has 1 aliphatic heterocycles. The standard InChI is InChI=1S/C18H19N/c1-15(13-16-7-3-2-4-8-16)19-12-11-17-9-5-6-10-18(17)14-19/h2-10,13H,11-12,14H2,1H3. The van der Waals surface area contributed by atoms with Crippen LogP contribution in [-0.4, -0.2) is 11.4 Å². The van der Waals surface area contributed by atoms with E-state index in [2.05, 4.69) is 72.5 Å². The summed E-state index contributed by atoms with van der Waals surface area (Å²) < 4.78 is 0. The maximum absolute atomic E-state index is 2.47. The Balaban J connectivity index is 1.80. The SMILES string of the molecule is CC(=Cc1ccccc1)N1CCc2ccccc2C1. The maximum atomic E-state index is 2.47. The Labute approximate surface area is 115 Å². The number of rotatable bonds is 2. The van der Waals surface area contributed by atoms with Crippen molar-refractivity contribution in [3.05, 3.63) is 77.0 Å². The molecule has 0 fully saturated rings. The second-order valence-electron chi connectivity index (χ2n) is 5.14. The fourth-order valence-electron chi connectivity index (χ4n) is 2.68. The zero-order chi connectivity index (χ0) is 13.1. The Morgan fingerprint density at radius 3 is 2.42 bits per heavy atom. The molecule has 0 aromatic heterocycles. The van der Waals surface area contributed by atoms with Gasteiger partial charge >= 0.3 is 0 Å². The third-order valence-corrected chi connectivity index (χ3v) is 3.80. The van der Waals surface area contributed by atoms with Gasteiger partial charge in [-0.3, -0.25) is 0 Å². The van der Waals surface area contributed by atoms with Crippen LogP contribution in [0.3, 0.4) is 0 Å². The lowest BCUT2D eigenvalue weighted by Gasteiger charge is -2.31. The van der Waals surface area contributed by atoms with Crippen molar-refractivity contribution in [3.63, 3.8) is 0 Å². The molecule has 0 unspecified atom stereocenters. The summed E-state index contributed by atoms with van der Waals surface area (Å²) in [6, 6.07) is 19.3. The molecule has 19 heavy (non-hydrogen) atoms. The van der Waals surface area contributed by atoms with Crippen molar-refractivity contribution in [2.45, 2.75) is 19.9 Å². The van der Waals surface area contributed by atoms with Gasteiger partial charge in [-0.15, -0.1) is 0 Å². The van der Waals surface area contributed by atoms with E-state index < -0.39 is 0 Å². The van der Waals surface area contributed by atoms with Crippen molar-refractivity contribution in [2.24, 2.45) is 0 Å². The van der Waals surface area contributed by atoms with Gasteiger partial charge in [0.15, 0.2) is 0 Å². The maximum Gasteiger partial charge on any atom is 0.0429 e. The number of hydrogen-bond donors (Lipinski definition) is 0. The fourth-order valence-corrected chi connectivity index (χ4v) is 2.68. The van der Waals surface area contributed by atoms with Crippen LogP contribution in [0, 0.1) is 0 Å². The molecule has 0 atom stereocenters. The Kier molecular flexibility index (Phi) is 3.37. The zero-order valence-electron chi connectivity index (χ0n) is 11.3. The molecular weight excluding hydrogens is 230 g/mol. The number of nitrogens with zero attached hydrogens (tertiary/aromatic N) is 1. The van der Waals surface area contributed by atoms with Gasteiger partial charge in [0.05, 0.1) is 0 Å². The van der Waals surface area contributed by atoms with Gasteiger partial charge in [0.2, 0.25) is 0 Å². The largest absolute Gasteiger partial charge is 0.370 e. The van der Waals surface area contributed by atoms with Gasteiger partial charge in [0.1, 0.15) is 0 Å². The van der Waals surface area contributed by atoms with Gasteiger partial charge in [0.25, 0.3) is 0 Å². The summed E-state index contributed by atoms with van der Waals surface area (Å²) in [7, 11) is 0. The second kappa shape index (κ2) is 5.31. The lowest BCUT2D eigenvalue weighted by Crippen LogP contribution is -2.28. The Morgan fingerprint density at radius 2 is 1.63 bits per heavy atom. The molecule has 2 aromatic rings. The molecule has 0 radical (unpaired) electrons. The van der Waals surface area contributed by atoms with Crippen molar-refractivity contribution >= 4 is 6.08 Å². The van der Waals surface area contributed by atoms with E-state index in [9.17, 15) is 0 Å². The van der Waals surface area contributed by atoms with Crippen molar-refractivity contribution in [1.29, 1.82) is 0 Å². The molecule has 1 aliphatic rings. The molecule has 0 bridgehead atoms. The summed E-state index contributed by atoms with van der Waals surface area (Å²) in [4.78, 5) is 2.47. The van der Waals surface area contributed by atoms with Crippen LogP contribution >= 0.6 is 0 Å². The Bertz CT molecular complexity index is 584. The van der Waals surface area contributed by atoms with Crippen molar-refractivity contribution < 1.29 is 0 Å². The van der Waals surface area contributed by atoms with Gasteiger partial charge in [-0.1, -0.05) is 54.6 Å². The summed E-state index contributed by atoms with van der Waals surface area (Å²) in [5, 5.41) is 0. The van der Waals surface area contributed by atoms with E-state index in [1.807, 2.05) is 0 Å². The van der Waals surface area contributed by atoms with E-state index in [-0.39, 0.29) is 0 Å². The molecule has 0 N–H and O–H groups in total. The first-order valence-electron chi connectivity index (χ1n) is 6.88. The van der Waals surface area contributed by atoms with Crippen molar-refractivity contribution in [1.82, 2.24) is 4.90 Å². The highest BCUT2D eigenvalue weighted by atomic mass is 15.1. The van der Waals surface area contributed by atoms with E-state index in [0.717, 1.165) is 19.5 Å². The van der Waals surface area contributed by atoms with Crippen molar-refractivity contribution in [2.75, 3.05) is 6.54 Å². The fraction of sp³-hybridized carbons (Fsp3) is 0.222.